The van der Waals surface area contributed by atoms with Gasteiger partial charge in [-0.15, -0.1) is 0 Å². The fourth-order valence-corrected chi connectivity index (χ4v) is 3.64. The van der Waals surface area contributed by atoms with Gasteiger partial charge in [-0.2, -0.15) is 0 Å². The lowest BCUT2D eigenvalue weighted by Crippen LogP contribution is -2.41. The maximum atomic E-state index is 3.45. The molecule has 3 atom stereocenters. The van der Waals surface area contributed by atoms with Crippen molar-refractivity contribution in [2.75, 3.05) is 19.6 Å². The summed E-state index contributed by atoms with van der Waals surface area (Å²) in [5.41, 5.74) is 0. The van der Waals surface area contributed by atoms with Crippen molar-refractivity contribution in [2.24, 2.45) is 5.92 Å². The van der Waals surface area contributed by atoms with Gasteiger partial charge in [0.2, 0.25) is 0 Å². The molecule has 2 fully saturated rings. The Morgan fingerprint density at radius 1 is 1.25 bits per heavy atom. The molecule has 1 heterocycles. The first-order valence-corrected chi connectivity index (χ1v) is 7.29. The first-order valence-electron chi connectivity index (χ1n) is 7.29. The lowest BCUT2D eigenvalue weighted by Gasteiger charge is -2.35. The van der Waals surface area contributed by atoms with E-state index in [1.807, 2.05) is 0 Å². The Labute approximate surface area is 101 Å². The van der Waals surface area contributed by atoms with Crippen LogP contribution in [0.1, 0.15) is 52.4 Å². The van der Waals surface area contributed by atoms with Gasteiger partial charge in [0.25, 0.3) is 0 Å². The molecule has 0 aromatic heterocycles. The van der Waals surface area contributed by atoms with Crippen LogP contribution in [0.4, 0.5) is 0 Å². The fourth-order valence-electron chi connectivity index (χ4n) is 3.64. The molecule has 2 aliphatic rings. The van der Waals surface area contributed by atoms with Crippen molar-refractivity contribution in [2.45, 2.75) is 64.5 Å². The number of rotatable bonds is 5. The topological polar surface area (TPSA) is 15.3 Å². The van der Waals surface area contributed by atoms with Gasteiger partial charge in [-0.25, -0.2) is 0 Å². The highest BCUT2D eigenvalue weighted by Gasteiger charge is 2.37. The van der Waals surface area contributed by atoms with Crippen molar-refractivity contribution in [3.05, 3.63) is 0 Å². The summed E-state index contributed by atoms with van der Waals surface area (Å²) < 4.78 is 0. The zero-order valence-electron chi connectivity index (χ0n) is 11.0. The number of hydrogen-bond donors (Lipinski definition) is 1. The van der Waals surface area contributed by atoms with Gasteiger partial charge in [0.15, 0.2) is 0 Å². The number of fused-ring (bicyclic) bond motifs is 1. The molecule has 2 nitrogen and oxygen atoms in total. The lowest BCUT2D eigenvalue weighted by molar-refractivity contribution is 0.135. The first kappa shape index (κ1) is 12.4. The Balaban J connectivity index is 1.79. The molecule has 0 amide bonds. The molecular formula is C14H28N2. The van der Waals surface area contributed by atoms with Crippen molar-refractivity contribution < 1.29 is 0 Å². The monoisotopic (exact) mass is 224 g/mol. The Kier molecular flexibility index (Phi) is 4.66. The van der Waals surface area contributed by atoms with E-state index in [0.717, 1.165) is 24.5 Å². The molecule has 16 heavy (non-hydrogen) atoms. The van der Waals surface area contributed by atoms with Crippen LogP contribution in [0.5, 0.6) is 0 Å². The molecule has 0 spiro atoms. The molecule has 0 aromatic carbocycles. The van der Waals surface area contributed by atoms with Crippen LogP contribution in [0, 0.1) is 5.92 Å². The van der Waals surface area contributed by atoms with Gasteiger partial charge in [0, 0.05) is 12.1 Å². The second-order valence-electron chi connectivity index (χ2n) is 5.63. The SMILES string of the molecule is CCNCCC(C)N1CCC2CCCCC21. The van der Waals surface area contributed by atoms with E-state index in [1.54, 1.807) is 0 Å². The van der Waals surface area contributed by atoms with Gasteiger partial charge in [0.1, 0.15) is 0 Å². The molecule has 0 bridgehead atoms. The average molecular weight is 224 g/mol. The summed E-state index contributed by atoms with van der Waals surface area (Å²) in [5.74, 6) is 1.04. The van der Waals surface area contributed by atoms with Crippen LogP contribution in [0.2, 0.25) is 0 Å². The molecule has 1 aliphatic heterocycles. The summed E-state index contributed by atoms with van der Waals surface area (Å²) >= 11 is 0. The zero-order valence-corrected chi connectivity index (χ0v) is 11.0. The maximum Gasteiger partial charge on any atom is 0.0127 e. The van der Waals surface area contributed by atoms with E-state index in [0.29, 0.717) is 0 Å². The Bertz CT molecular complexity index is 205. The number of nitrogens with one attached hydrogen (secondary N) is 1. The highest BCUT2D eigenvalue weighted by molar-refractivity contribution is 4.91. The van der Waals surface area contributed by atoms with E-state index < -0.39 is 0 Å². The fraction of sp³-hybridized carbons (Fsp3) is 1.00. The van der Waals surface area contributed by atoms with Crippen LogP contribution in [-0.4, -0.2) is 36.6 Å². The summed E-state index contributed by atoms with van der Waals surface area (Å²) in [6.07, 6.45) is 8.71. The standard InChI is InChI=1S/C14H28N2/c1-3-15-10-8-12(2)16-11-9-13-6-4-5-7-14(13)16/h12-15H,3-11H2,1-2H3. The van der Waals surface area contributed by atoms with Crippen LogP contribution in [0.3, 0.4) is 0 Å². The molecular weight excluding hydrogens is 196 g/mol. The van der Waals surface area contributed by atoms with Gasteiger partial charge < -0.3 is 5.32 Å². The van der Waals surface area contributed by atoms with Gasteiger partial charge in [-0.3, -0.25) is 4.90 Å². The highest BCUT2D eigenvalue weighted by atomic mass is 15.2. The van der Waals surface area contributed by atoms with E-state index in [1.165, 1.54) is 51.6 Å². The van der Waals surface area contributed by atoms with E-state index >= 15 is 0 Å². The third-order valence-corrected chi connectivity index (χ3v) is 4.61. The van der Waals surface area contributed by atoms with Gasteiger partial charge in [-0.05, 0) is 58.2 Å². The number of nitrogens with zero attached hydrogens (tertiary/aromatic N) is 1. The van der Waals surface area contributed by atoms with Crippen LogP contribution < -0.4 is 5.32 Å². The van der Waals surface area contributed by atoms with E-state index in [2.05, 4.69) is 24.1 Å². The summed E-state index contributed by atoms with van der Waals surface area (Å²) in [6.45, 7) is 8.28. The van der Waals surface area contributed by atoms with Crippen LogP contribution in [0.25, 0.3) is 0 Å². The molecule has 2 heteroatoms. The summed E-state index contributed by atoms with van der Waals surface area (Å²) in [4.78, 5) is 2.81. The Morgan fingerprint density at radius 2 is 2.06 bits per heavy atom. The molecule has 1 N–H and O–H groups in total. The predicted octanol–water partition coefficient (Wildman–Crippen LogP) is 2.64. The third-order valence-electron chi connectivity index (χ3n) is 4.61. The molecule has 1 saturated carbocycles. The van der Waals surface area contributed by atoms with Crippen molar-refractivity contribution in [1.29, 1.82) is 0 Å². The maximum absolute atomic E-state index is 3.45. The summed E-state index contributed by atoms with van der Waals surface area (Å²) in [6, 6.07) is 1.72. The lowest BCUT2D eigenvalue weighted by atomic mass is 9.85. The molecule has 1 aliphatic carbocycles. The van der Waals surface area contributed by atoms with E-state index in [9.17, 15) is 0 Å². The average Bonchev–Trinajstić information content (AvgIpc) is 2.73. The van der Waals surface area contributed by atoms with Gasteiger partial charge in [0.05, 0.1) is 0 Å². The third kappa shape index (κ3) is 2.78. The van der Waals surface area contributed by atoms with E-state index in [4.69, 9.17) is 0 Å². The normalized spacial score (nSPS) is 32.6. The summed E-state index contributed by atoms with van der Waals surface area (Å²) in [5, 5.41) is 3.45. The van der Waals surface area contributed by atoms with Crippen molar-refractivity contribution in [1.82, 2.24) is 10.2 Å². The number of hydrogen-bond acceptors (Lipinski definition) is 2. The second kappa shape index (κ2) is 6.02. The second-order valence-corrected chi connectivity index (χ2v) is 5.63. The smallest absolute Gasteiger partial charge is 0.0127 e. The predicted molar refractivity (Wildman–Crippen MR) is 69.7 cm³/mol. The van der Waals surface area contributed by atoms with Crippen LogP contribution >= 0.6 is 0 Å². The Hall–Kier alpha value is -0.0800. The Morgan fingerprint density at radius 3 is 2.88 bits per heavy atom. The van der Waals surface area contributed by atoms with Gasteiger partial charge >= 0.3 is 0 Å². The minimum absolute atomic E-state index is 0.784. The minimum atomic E-state index is 0.784. The van der Waals surface area contributed by atoms with E-state index in [-0.39, 0.29) is 0 Å². The largest absolute Gasteiger partial charge is 0.317 e. The first-order chi connectivity index (χ1) is 7.83. The molecule has 3 unspecified atom stereocenters. The zero-order chi connectivity index (χ0) is 11.4. The van der Waals surface area contributed by atoms with Gasteiger partial charge in [-0.1, -0.05) is 19.8 Å². The minimum Gasteiger partial charge on any atom is -0.317 e. The molecule has 0 radical (unpaired) electrons. The molecule has 0 aromatic rings. The quantitative estimate of drug-likeness (QED) is 0.722. The van der Waals surface area contributed by atoms with Crippen molar-refractivity contribution in [3.8, 4) is 0 Å². The molecule has 1 saturated heterocycles. The molecule has 2 rings (SSSR count). The number of likely N-dealkylation sites (tertiary alicyclic amines) is 1. The van der Waals surface area contributed by atoms with Crippen LogP contribution in [-0.2, 0) is 0 Å². The van der Waals surface area contributed by atoms with Crippen molar-refractivity contribution >= 4 is 0 Å². The van der Waals surface area contributed by atoms with Crippen LogP contribution in [0.15, 0.2) is 0 Å². The molecule has 94 valence electrons. The summed E-state index contributed by atoms with van der Waals surface area (Å²) in [7, 11) is 0. The van der Waals surface area contributed by atoms with Crippen molar-refractivity contribution in [3.63, 3.8) is 0 Å². The highest BCUT2D eigenvalue weighted by Crippen LogP contribution is 2.37.